The van der Waals surface area contributed by atoms with Crippen molar-refractivity contribution in [2.45, 2.75) is 18.9 Å². The second-order valence-electron chi connectivity index (χ2n) is 2.98. The summed E-state index contributed by atoms with van der Waals surface area (Å²) in [6.45, 7) is 0. The fraction of sp³-hybridized carbons (Fsp3) is 0.375. The van der Waals surface area contributed by atoms with Crippen LogP contribution in [0, 0.1) is 0 Å². The number of carbonyl (C=O) groups is 2. The summed E-state index contributed by atoms with van der Waals surface area (Å²) in [5.74, 6) is -2.99. The zero-order chi connectivity index (χ0) is 12.1. The second kappa shape index (κ2) is 5.19. The highest BCUT2D eigenvalue weighted by Gasteiger charge is 2.25. The number of nitrogens with zero attached hydrogens (tertiary/aromatic N) is 1. The van der Waals surface area contributed by atoms with E-state index in [0.29, 0.717) is 5.69 Å². The lowest BCUT2D eigenvalue weighted by Crippen LogP contribution is -2.44. The van der Waals surface area contributed by atoms with Crippen molar-refractivity contribution in [3.8, 4) is 0 Å². The molecule has 0 aliphatic rings. The maximum Gasteiger partial charge on any atom is 0.326 e. The molecular formula is C8H9F2N3O3. The quantitative estimate of drug-likeness (QED) is 0.655. The number of aromatic amines is 1. The molecule has 1 atom stereocenters. The number of aromatic nitrogens is 2. The van der Waals surface area contributed by atoms with E-state index < -0.39 is 24.3 Å². The number of nitrogens with one attached hydrogen (secondary N) is 2. The van der Waals surface area contributed by atoms with Crippen LogP contribution < -0.4 is 5.32 Å². The Kier molecular flexibility index (Phi) is 3.92. The number of carbonyl (C=O) groups excluding carboxylic acids is 1. The first kappa shape index (κ1) is 12.1. The minimum atomic E-state index is -3.23. The summed E-state index contributed by atoms with van der Waals surface area (Å²) in [5, 5.41) is 10.4. The van der Waals surface area contributed by atoms with Crippen molar-refractivity contribution in [2.24, 2.45) is 0 Å². The highest BCUT2D eigenvalue weighted by molar-refractivity contribution is 5.85. The zero-order valence-electron chi connectivity index (χ0n) is 7.98. The van der Waals surface area contributed by atoms with Crippen LogP contribution in [0.2, 0.25) is 0 Å². The molecule has 6 nitrogen and oxygen atoms in total. The standard InChI is InChI=1S/C8H9F2N3O3/c9-6(10)7(14)13-5(8(15)16)1-4-2-11-3-12-4/h2-3,5-6H,1H2,(H,11,12)(H,13,14)(H,15,16)/t5-/m1/s1. The number of amides is 1. The monoisotopic (exact) mass is 233 g/mol. The average Bonchev–Trinajstić information content (AvgIpc) is 2.68. The molecule has 1 aromatic rings. The first-order valence-electron chi connectivity index (χ1n) is 4.29. The van der Waals surface area contributed by atoms with Crippen LogP contribution in [0.3, 0.4) is 0 Å². The highest BCUT2D eigenvalue weighted by Crippen LogP contribution is 2.00. The Balaban J connectivity index is 2.62. The first-order valence-corrected chi connectivity index (χ1v) is 4.29. The molecule has 8 heteroatoms. The minimum Gasteiger partial charge on any atom is -0.480 e. The molecule has 0 saturated heterocycles. The van der Waals surface area contributed by atoms with Crippen LogP contribution in [0.15, 0.2) is 12.5 Å². The molecular weight excluding hydrogens is 224 g/mol. The smallest absolute Gasteiger partial charge is 0.326 e. The summed E-state index contributed by atoms with van der Waals surface area (Å²) in [6.07, 6.45) is -0.690. The predicted octanol–water partition coefficient (Wildman–Crippen LogP) is -0.213. The summed E-state index contributed by atoms with van der Waals surface area (Å²) in [7, 11) is 0. The Labute approximate surface area is 88.7 Å². The number of halogens is 2. The molecule has 0 aliphatic carbocycles. The Morgan fingerprint density at radius 2 is 2.25 bits per heavy atom. The third-order valence-electron chi connectivity index (χ3n) is 1.79. The van der Waals surface area contributed by atoms with E-state index >= 15 is 0 Å². The van der Waals surface area contributed by atoms with Gasteiger partial charge in [0.25, 0.3) is 5.91 Å². The molecule has 0 unspecified atom stereocenters. The van der Waals surface area contributed by atoms with Crippen molar-refractivity contribution < 1.29 is 23.5 Å². The second-order valence-corrected chi connectivity index (χ2v) is 2.98. The van der Waals surface area contributed by atoms with E-state index in [2.05, 4.69) is 9.97 Å². The molecule has 0 fully saturated rings. The number of hydrogen-bond donors (Lipinski definition) is 3. The fourth-order valence-electron chi connectivity index (χ4n) is 1.05. The maximum atomic E-state index is 11.9. The molecule has 0 saturated carbocycles. The number of hydrogen-bond acceptors (Lipinski definition) is 3. The van der Waals surface area contributed by atoms with Gasteiger partial charge in [-0.3, -0.25) is 4.79 Å². The van der Waals surface area contributed by atoms with Crippen molar-refractivity contribution in [3.05, 3.63) is 18.2 Å². The number of alkyl halides is 2. The van der Waals surface area contributed by atoms with Gasteiger partial charge in [0.15, 0.2) is 0 Å². The van der Waals surface area contributed by atoms with E-state index in [-0.39, 0.29) is 6.42 Å². The number of carboxylic acid groups (broad SMARTS) is 1. The summed E-state index contributed by atoms with van der Waals surface area (Å²) in [4.78, 5) is 27.6. The lowest BCUT2D eigenvalue weighted by molar-refractivity contribution is -0.144. The van der Waals surface area contributed by atoms with Gasteiger partial charge in [-0.1, -0.05) is 0 Å². The van der Waals surface area contributed by atoms with Gasteiger partial charge in [0.2, 0.25) is 0 Å². The van der Waals surface area contributed by atoms with Crippen molar-refractivity contribution in [2.75, 3.05) is 0 Å². The normalized spacial score (nSPS) is 12.4. The number of H-pyrrole nitrogens is 1. The molecule has 1 rings (SSSR count). The van der Waals surface area contributed by atoms with E-state index in [9.17, 15) is 18.4 Å². The van der Waals surface area contributed by atoms with Crippen LogP contribution in [0.5, 0.6) is 0 Å². The van der Waals surface area contributed by atoms with Gasteiger partial charge in [-0.25, -0.2) is 9.78 Å². The van der Waals surface area contributed by atoms with Crippen molar-refractivity contribution in [1.82, 2.24) is 15.3 Å². The molecule has 1 amide bonds. The molecule has 0 spiro atoms. The van der Waals surface area contributed by atoms with Gasteiger partial charge in [-0.05, 0) is 0 Å². The van der Waals surface area contributed by atoms with Crippen LogP contribution in [0.1, 0.15) is 5.69 Å². The maximum absolute atomic E-state index is 11.9. The van der Waals surface area contributed by atoms with Crippen molar-refractivity contribution in [1.29, 1.82) is 0 Å². The van der Waals surface area contributed by atoms with Crippen LogP contribution in [-0.2, 0) is 16.0 Å². The topological polar surface area (TPSA) is 95.1 Å². The Morgan fingerprint density at radius 3 is 2.69 bits per heavy atom. The minimum absolute atomic E-state index is 0.131. The number of rotatable bonds is 5. The summed E-state index contributed by atoms with van der Waals surface area (Å²) >= 11 is 0. The van der Waals surface area contributed by atoms with Crippen molar-refractivity contribution in [3.63, 3.8) is 0 Å². The number of imidazole rings is 1. The third kappa shape index (κ3) is 3.30. The lowest BCUT2D eigenvalue weighted by atomic mass is 10.1. The van der Waals surface area contributed by atoms with Gasteiger partial charge >= 0.3 is 12.4 Å². The number of carboxylic acids is 1. The zero-order valence-corrected chi connectivity index (χ0v) is 7.98. The first-order chi connectivity index (χ1) is 7.50. The third-order valence-corrected chi connectivity index (χ3v) is 1.79. The van der Waals surface area contributed by atoms with E-state index in [4.69, 9.17) is 5.11 Å². The Hall–Kier alpha value is -1.99. The molecule has 0 bridgehead atoms. The Bertz CT molecular complexity index is 367. The molecule has 0 aromatic carbocycles. The molecule has 88 valence electrons. The molecule has 0 radical (unpaired) electrons. The van der Waals surface area contributed by atoms with E-state index in [1.165, 1.54) is 12.5 Å². The molecule has 16 heavy (non-hydrogen) atoms. The van der Waals surface area contributed by atoms with E-state index in [0.717, 1.165) is 0 Å². The summed E-state index contributed by atoms with van der Waals surface area (Å²) in [6, 6.07) is -1.40. The van der Waals surface area contributed by atoms with Crippen LogP contribution >= 0.6 is 0 Å². The summed E-state index contributed by atoms with van der Waals surface area (Å²) in [5.41, 5.74) is 0.432. The molecule has 1 heterocycles. The van der Waals surface area contributed by atoms with E-state index in [1.54, 1.807) is 5.32 Å². The fourth-order valence-corrected chi connectivity index (χ4v) is 1.05. The molecule has 1 aromatic heterocycles. The number of aliphatic carboxylic acids is 1. The van der Waals surface area contributed by atoms with Gasteiger partial charge in [-0.15, -0.1) is 0 Å². The van der Waals surface area contributed by atoms with Crippen LogP contribution in [-0.4, -0.2) is 39.4 Å². The SMILES string of the molecule is O=C(N[C@H](Cc1cnc[nH]1)C(=O)O)C(F)F. The molecule has 3 N–H and O–H groups in total. The summed E-state index contributed by atoms with van der Waals surface area (Å²) < 4.78 is 23.8. The molecule has 0 aliphatic heterocycles. The van der Waals surface area contributed by atoms with Gasteiger partial charge in [0, 0.05) is 18.3 Å². The van der Waals surface area contributed by atoms with Gasteiger partial charge in [0.1, 0.15) is 6.04 Å². The van der Waals surface area contributed by atoms with Crippen LogP contribution in [0.25, 0.3) is 0 Å². The van der Waals surface area contributed by atoms with Crippen LogP contribution in [0.4, 0.5) is 8.78 Å². The lowest BCUT2D eigenvalue weighted by Gasteiger charge is -2.12. The average molecular weight is 233 g/mol. The predicted molar refractivity (Wildman–Crippen MR) is 47.9 cm³/mol. The van der Waals surface area contributed by atoms with E-state index in [1.807, 2.05) is 0 Å². The largest absolute Gasteiger partial charge is 0.480 e. The highest BCUT2D eigenvalue weighted by atomic mass is 19.3. The van der Waals surface area contributed by atoms with Gasteiger partial charge < -0.3 is 15.4 Å². The van der Waals surface area contributed by atoms with Gasteiger partial charge in [0.05, 0.1) is 6.33 Å². The van der Waals surface area contributed by atoms with Gasteiger partial charge in [-0.2, -0.15) is 8.78 Å². The Morgan fingerprint density at radius 1 is 1.56 bits per heavy atom. The van der Waals surface area contributed by atoms with Crippen molar-refractivity contribution >= 4 is 11.9 Å².